The van der Waals surface area contributed by atoms with E-state index in [1.54, 1.807) is 12.1 Å². The second-order valence-electron chi connectivity index (χ2n) is 6.69. The van der Waals surface area contributed by atoms with Gasteiger partial charge in [-0.05, 0) is 24.6 Å². The van der Waals surface area contributed by atoms with Crippen LogP contribution < -0.4 is 10.1 Å². The summed E-state index contributed by atoms with van der Waals surface area (Å²) in [7, 11) is 0. The summed E-state index contributed by atoms with van der Waals surface area (Å²) >= 11 is 5.97. The van der Waals surface area contributed by atoms with E-state index in [2.05, 4.69) is 5.32 Å². The fraction of sp³-hybridized carbons (Fsp3) is 0.130. The summed E-state index contributed by atoms with van der Waals surface area (Å²) in [6, 6.07) is 20.4. The Hall–Kier alpha value is -3.91. The number of nitro groups is 1. The molecule has 0 aliphatic rings. The molecule has 1 N–H and O–H groups in total. The smallest absolute Gasteiger partial charge is 0.344 e. The molecule has 8 nitrogen and oxygen atoms in total. The van der Waals surface area contributed by atoms with E-state index in [1.807, 2.05) is 42.5 Å². The van der Waals surface area contributed by atoms with Crippen molar-refractivity contribution in [1.29, 1.82) is 0 Å². The molecule has 0 aliphatic carbocycles. The first-order valence-corrected chi connectivity index (χ1v) is 9.94. The average molecular weight is 455 g/mol. The molecule has 0 bridgehead atoms. The van der Waals surface area contributed by atoms with Crippen molar-refractivity contribution in [3.05, 3.63) is 87.9 Å². The fourth-order valence-electron chi connectivity index (χ4n) is 2.83. The molecule has 3 aromatic carbocycles. The normalized spacial score (nSPS) is 11.3. The van der Waals surface area contributed by atoms with E-state index >= 15 is 0 Å². The first-order valence-electron chi connectivity index (χ1n) is 9.56. The number of nitrogens with one attached hydrogen (secondary N) is 1. The number of esters is 1. The molecule has 0 spiro atoms. The third-order valence-corrected chi connectivity index (χ3v) is 4.74. The first-order chi connectivity index (χ1) is 15.3. The zero-order chi connectivity index (χ0) is 23.1. The molecule has 0 saturated carbocycles. The zero-order valence-corrected chi connectivity index (χ0v) is 17.7. The van der Waals surface area contributed by atoms with Crippen molar-refractivity contribution in [3.8, 4) is 16.9 Å². The van der Waals surface area contributed by atoms with E-state index in [0.717, 1.165) is 17.2 Å². The molecule has 0 saturated heterocycles. The zero-order valence-electron chi connectivity index (χ0n) is 17.0. The maximum Gasteiger partial charge on any atom is 0.344 e. The number of carbonyl (C=O) groups excluding carboxylic acids is 2. The van der Waals surface area contributed by atoms with Crippen LogP contribution >= 0.6 is 11.6 Å². The van der Waals surface area contributed by atoms with Crippen molar-refractivity contribution in [2.24, 2.45) is 0 Å². The van der Waals surface area contributed by atoms with Gasteiger partial charge in [0, 0.05) is 17.7 Å². The van der Waals surface area contributed by atoms with Crippen LogP contribution in [0.4, 0.5) is 11.4 Å². The van der Waals surface area contributed by atoms with Crippen LogP contribution in [-0.4, -0.2) is 29.5 Å². The van der Waals surface area contributed by atoms with Gasteiger partial charge >= 0.3 is 5.97 Å². The number of anilines is 1. The number of non-ortho nitro benzene ring substituents is 1. The van der Waals surface area contributed by atoms with E-state index < -0.39 is 29.5 Å². The fourth-order valence-corrected chi connectivity index (χ4v) is 2.99. The Kier molecular flexibility index (Phi) is 7.41. The van der Waals surface area contributed by atoms with Crippen molar-refractivity contribution in [1.82, 2.24) is 0 Å². The van der Waals surface area contributed by atoms with Gasteiger partial charge < -0.3 is 14.8 Å². The van der Waals surface area contributed by atoms with E-state index in [4.69, 9.17) is 21.1 Å². The number of rotatable bonds is 8. The molecule has 1 amide bonds. The summed E-state index contributed by atoms with van der Waals surface area (Å²) in [5.74, 6) is -0.942. The molecule has 164 valence electrons. The number of nitro benzene ring substituents is 1. The van der Waals surface area contributed by atoms with Gasteiger partial charge in [0.1, 0.15) is 5.75 Å². The van der Waals surface area contributed by atoms with Crippen molar-refractivity contribution in [2.75, 3.05) is 11.9 Å². The van der Waals surface area contributed by atoms with Gasteiger partial charge in [-0.2, -0.15) is 0 Å². The summed E-state index contributed by atoms with van der Waals surface area (Å²) in [5, 5.41) is 13.4. The lowest BCUT2D eigenvalue weighted by atomic mass is 10.1. The number of ether oxygens (including phenoxy) is 2. The minimum Gasteiger partial charge on any atom is -0.481 e. The predicted molar refractivity (Wildman–Crippen MR) is 120 cm³/mol. The first kappa shape index (κ1) is 22.8. The highest BCUT2D eigenvalue weighted by molar-refractivity contribution is 6.33. The quantitative estimate of drug-likeness (QED) is 0.295. The number of hydrogen-bond donors (Lipinski definition) is 1. The third kappa shape index (κ3) is 5.83. The molecule has 1 atom stereocenters. The van der Waals surface area contributed by atoms with Crippen LogP contribution in [-0.2, 0) is 14.3 Å². The van der Waals surface area contributed by atoms with E-state index in [1.165, 1.54) is 19.1 Å². The number of benzene rings is 3. The van der Waals surface area contributed by atoms with E-state index in [0.29, 0.717) is 5.75 Å². The third-order valence-electron chi connectivity index (χ3n) is 4.41. The SMILES string of the molecule is CC(OC(=O)COc1ccccc1-c1ccccc1)C(=O)Nc1cc([N+](=O)[O-])ccc1Cl. The lowest BCUT2D eigenvalue weighted by molar-refractivity contribution is -0.384. The number of para-hydroxylation sites is 1. The van der Waals surface area contributed by atoms with Crippen LogP contribution in [0.25, 0.3) is 11.1 Å². The lowest BCUT2D eigenvalue weighted by Gasteiger charge is -2.15. The second kappa shape index (κ2) is 10.4. The molecule has 0 radical (unpaired) electrons. The number of hydrogen-bond acceptors (Lipinski definition) is 6. The van der Waals surface area contributed by atoms with Crippen LogP contribution in [0, 0.1) is 10.1 Å². The molecule has 0 fully saturated rings. The summed E-state index contributed by atoms with van der Waals surface area (Å²) in [4.78, 5) is 34.8. The molecule has 1 unspecified atom stereocenters. The average Bonchev–Trinajstić information content (AvgIpc) is 2.79. The Labute approximate surface area is 188 Å². The van der Waals surface area contributed by atoms with E-state index in [9.17, 15) is 19.7 Å². The highest BCUT2D eigenvalue weighted by Gasteiger charge is 2.21. The minimum atomic E-state index is -1.18. The Balaban J connectivity index is 1.59. The number of carbonyl (C=O) groups is 2. The van der Waals surface area contributed by atoms with Crippen LogP contribution in [0.3, 0.4) is 0 Å². The lowest BCUT2D eigenvalue weighted by Crippen LogP contribution is -2.31. The Bertz CT molecular complexity index is 1140. The minimum absolute atomic E-state index is 0.0433. The Morgan fingerprint density at radius 1 is 1.06 bits per heavy atom. The summed E-state index contributed by atoms with van der Waals surface area (Å²) < 4.78 is 10.7. The highest BCUT2D eigenvalue weighted by Crippen LogP contribution is 2.29. The van der Waals surface area contributed by atoms with Gasteiger partial charge in [0.05, 0.1) is 15.6 Å². The van der Waals surface area contributed by atoms with Crippen LogP contribution in [0.2, 0.25) is 5.02 Å². The Morgan fingerprint density at radius 2 is 1.75 bits per heavy atom. The van der Waals surface area contributed by atoms with Crippen molar-refractivity contribution in [3.63, 3.8) is 0 Å². The molecular weight excluding hydrogens is 436 g/mol. The molecule has 3 aromatic rings. The summed E-state index contributed by atoms with van der Waals surface area (Å²) in [6.07, 6.45) is -1.18. The van der Waals surface area contributed by atoms with Gasteiger partial charge in [0.15, 0.2) is 12.7 Å². The number of halogens is 1. The van der Waals surface area contributed by atoms with Gasteiger partial charge in [0.2, 0.25) is 0 Å². The summed E-state index contributed by atoms with van der Waals surface area (Å²) in [6.45, 7) is 0.968. The van der Waals surface area contributed by atoms with Gasteiger partial charge in [0.25, 0.3) is 11.6 Å². The number of amides is 1. The maximum atomic E-state index is 12.3. The van der Waals surface area contributed by atoms with Gasteiger partial charge in [-0.15, -0.1) is 0 Å². The predicted octanol–water partition coefficient (Wildman–Crippen LogP) is 4.86. The molecule has 9 heteroatoms. The van der Waals surface area contributed by atoms with Gasteiger partial charge in [-0.25, -0.2) is 4.79 Å². The summed E-state index contributed by atoms with van der Waals surface area (Å²) in [5.41, 5.74) is 1.55. The van der Waals surface area contributed by atoms with Crippen molar-refractivity contribution >= 4 is 34.9 Å². The van der Waals surface area contributed by atoms with Gasteiger partial charge in [-0.3, -0.25) is 14.9 Å². The molecular formula is C23H19ClN2O6. The number of nitrogens with zero attached hydrogens (tertiary/aromatic N) is 1. The molecule has 0 aromatic heterocycles. The van der Waals surface area contributed by atoms with Gasteiger partial charge in [-0.1, -0.05) is 60.1 Å². The van der Waals surface area contributed by atoms with Crippen LogP contribution in [0.5, 0.6) is 5.75 Å². The van der Waals surface area contributed by atoms with Crippen LogP contribution in [0.1, 0.15) is 6.92 Å². The highest BCUT2D eigenvalue weighted by atomic mass is 35.5. The van der Waals surface area contributed by atoms with Crippen LogP contribution in [0.15, 0.2) is 72.8 Å². The molecule has 0 aliphatic heterocycles. The molecule has 32 heavy (non-hydrogen) atoms. The second-order valence-corrected chi connectivity index (χ2v) is 7.10. The molecule has 0 heterocycles. The largest absolute Gasteiger partial charge is 0.481 e. The molecule has 3 rings (SSSR count). The Morgan fingerprint density at radius 3 is 2.47 bits per heavy atom. The van der Waals surface area contributed by atoms with Crippen molar-refractivity contribution < 1.29 is 24.0 Å². The topological polar surface area (TPSA) is 108 Å². The standard InChI is InChI=1S/C23H19ClN2O6/c1-15(23(28)25-20-13-17(26(29)30)11-12-19(20)24)32-22(27)14-31-21-10-6-5-9-18(21)16-7-3-2-4-8-16/h2-13,15H,14H2,1H3,(H,25,28). The van der Waals surface area contributed by atoms with Crippen molar-refractivity contribution in [2.45, 2.75) is 13.0 Å². The monoisotopic (exact) mass is 454 g/mol. The van der Waals surface area contributed by atoms with E-state index in [-0.39, 0.29) is 16.4 Å². The maximum absolute atomic E-state index is 12.3.